The second kappa shape index (κ2) is 9.45. The van der Waals surface area contributed by atoms with Crippen molar-refractivity contribution in [2.75, 3.05) is 17.2 Å². The Balaban J connectivity index is 1.62. The molecule has 0 atom stereocenters. The van der Waals surface area contributed by atoms with Crippen molar-refractivity contribution in [2.45, 2.75) is 13.5 Å². The minimum Gasteiger partial charge on any atom is -0.477 e. The zero-order valence-corrected chi connectivity index (χ0v) is 18.5. The Morgan fingerprint density at radius 3 is 2.65 bits per heavy atom. The van der Waals surface area contributed by atoms with Gasteiger partial charge in [-0.15, -0.1) is 4.58 Å². The Morgan fingerprint density at radius 1 is 1.16 bits per heavy atom. The van der Waals surface area contributed by atoms with Crippen LogP contribution >= 0.6 is 23.5 Å². The van der Waals surface area contributed by atoms with Gasteiger partial charge in [-0.2, -0.15) is 0 Å². The summed E-state index contributed by atoms with van der Waals surface area (Å²) in [4.78, 5) is 26.5. The third-order valence-electron chi connectivity index (χ3n) is 4.63. The minimum atomic E-state index is -1.04. The predicted octanol–water partition coefficient (Wildman–Crippen LogP) is 4.29. The topological polar surface area (TPSA) is 69.8 Å². The molecule has 0 saturated carbocycles. The number of nitrogens with zero attached hydrogens (tertiary/aromatic N) is 2. The monoisotopic (exact) mass is 453 g/mol. The Labute approximate surface area is 188 Å². The van der Waals surface area contributed by atoms with E-state index in [4.69, 9.17) is 9.84 Å². The summed E-state index contributed by atoms with van der Waals surface area (Å²) in [6.45, 7) is 2.25. The van der Waals surface area contributed by atoms with Crippen LogP contribution in [0.3, 0.4) is 0 Å². The van der Waals surface area contributed by atoms with Crippen molar-refractivity contribution in [3.63, 3.8) is 0 Å². The number of carboxylic acid groups (broad SMARTS) is 1. The number of carbonyl (C=O) groups is 2. The van der Waals surface area contributed by atoms with Gasteiger partial charge in [0.15, 0.2) is 5.75 Å². The fraction of sp³-hybridized carbons (Fsp3) is 0.174. The lowest BCUT2D eigenvalue weighted by atomic mass is 10.2. The summed E-state index contributed by atoms with van der Waals surface area (Å²) in [5.74, 6) is 0.794. The van der Waals surface area contributed by atoms with Gasteiger partial charge in [-0.05, 0) is 47.3 Å². The summed E-state index contributed by atoms with van der Waals surface area (Å²) in [5.41, 5.74) is 2.10. The predicted molar refractivity (Wildman–Crippen MR) is 124 cm³/mol. The SMILES string of the molecule is CCSC1=[N+](CC(=O)O)C(=O)C(=CC=C2Oc3ccccc3N2Cc2ccccc2)S1. The summed E-state index contributed by atoms with van der Waals surface area (Å²) >= 11 is 2.77. The summed E-state index contributed by atoms with van der Waals surface area (Å²) in [5, 5.41) is 9.16. The molecule has 0 spiro atoms. The van der Waals surface area contributed by atoms with Crippen molar-refractivity contribution in [3.05, 3.63) is 83.1 Å². The van der Waals surface area contributed by atoms with Crippen LogP contribution in [-0.2, 0) is 16.1 Å². The third-order valence-corrected chi connectivity index (χ3v) is 6.92. The molecule has 4 rings (SSSR count). The van der Waals surface area contributed by atoms with Gasteiger partial charge in [0, 0.05) is 11.8 Å². The highest BCUT2D eigenvalue weighted by atomic mass is 32.2. The molecule has 2 aliphatic heterocycles. The van der Waals surface area contributed by atoms with Gasteiger partial charge in [-0.3, -0.25) is 0 Å². The standard InChI is InChI=1S/C23H20N2O4S2/c1-2-30-23-25(15-21(26)27)22(28)19(31-23)12-13-20-24(14-16-8-4-3-5-9-16)17-10-6-7-11-18(17)29-20/h3-13H,2,14-15H2,1H3/p+1. The quantitative estimate of drug-likeness (QED) is 0.517. The first kappa shape index (κ1) is 21.3. The highest BCUT2D eigenvalue weighted by Gasteiger charge is 2.39. The van der Waals surface area contributed by atoms with Crippen molar-refractivity contribution in [2.24, 2.45) is 0 Å². The van der Waals surface area contributed by atoms with E-state index in [0.717, 1.165) is 22.8 Å². The van der Waals surface area contributed by atoms with Gasteiger partial charge in [0.1, 0.15) is 4.91 Å². The number of anilines is 1. The molecule has 8 heteroatoms. The number of hydrogen-bond donors (Lipinski definition) is 1. The van der Waals surface area contributed by atoms with Crippen LogP contribution in [0.4, 0.5) is 5.69 Å². The van der Waals surface area contributed by atoms with Crippen LogP contribution in [0.25, 0.3) is 0 Å². The lowest BCUT2D eigenvalue weighted by Gasteiger charge is -2.18. The number of aliphatic carboxylic acids is 1. The van der Waals surface area contributed by atoms with E-state index >= 15 is 0 Å². The Morgan fingerprint density at radius 2 is 1.90 bits per heavy atom. The van der Waals surface area contributed by atoms with Crippen LogP contribution < -0.4 is 9.64 Å². The maximum atomic E-state index is 12.8. The van der Waals surface area contributed by atoms with Crippen LogP contribution in [-0.4, -0.2) is 38.2 Å². The Bertz CT molecular complexity index is 1110. The smallest absolute Gasteiger partial charge is 0.428 e. The van der Waals surface area contributed by atoms with Gasteiger partial charge in [0.2, 0.25) is 12.4 Å². The van der Waals surface area contributed by atoms with Gasteiger partial charge in [0.05, 0.1) is 12.2 Å². The highest BCUT2D eigenvalue weighted by molar-refractivity contribution is 8.40. The first-order valence-corrected chi connectivity index (χ1v) is 11.6. The number of para-hydroxylation sites is 2. The zero-order valence-electron chi connectivity index (χ0n) is 16.9. The van der Waals surface area contributed by atoms with Gasteiger partial charge in [0.25, 0.3) is 4.38 Å². The van der Waals surface area contributed by atoms with Crippen LogP contribution in [0.1, 0.15) is 12.5 Å². The molecule has 1 amide bonds. The number of amides is 1. The van der Waals surface area contributed by atoms with Gasteiger partial charge in [-0.1, -0.05) is 49.4 Å². The summed E-state index contributed by atoms with van der Waals surface area (Å²) in [7, 11) is 0. The van der Waals surface area contributed by atoms with E-state index < -0.39 is 5.97 Å². The van der Waals surface area contributed by atoms with Gasteiger partial charge >= 0.3 is 11.9 Å². The molecular weight excluding hydrogens is 432 g/mol. The van der Waals surface area contributed by atoms with Crippen molar-refractivity contribution in [1.82, 2.24) is 0 Å². The van der Waals surface area contributed by atoms with E-state index in [9.17, 15) is 9.59 Å². The molecular formula is C23H21N2O4S2+. The van der Waals surface area contributed by atoms with Crippen LogP contribution in [0.5, 0.6) is 5.75 Å². The maximum absolute atomic E-state index is 12.8. The third kappa shape index (κ3) is 4.70. The first-order valence-electron chi connectivity index (χ1n) is 9.78. The largest absolute Gasteiger partial charge is 0.477 e. The molecule has 2 aromatic carbocycles. The number of ether oxygens (including phenoxy) is 1. The van der Waals surface area contributed by atoms with Crippen molar-refractivity contribution < 1.29 is 24.0 Å². The fourth-order valence-electron chi connectivity index (χ4n) is 3.27. The van der Waals surface area contributed by atoms with E-state index in [-0.39, 0.29) is 12.5 Å². The van der Waals surface area contributed by atoms with E-state index in [2.05, 4.69) is 17.0 Å². The average Bonchev–Trinajstić information content (AvgIpc) is 3.25. The second-order valence-electron chi connectivity index (χ2n) is 6.76. The average molecular weight is 454 g/mol. The summed E-state index contributed by atoms with van der Waals surface area (Å²) in [6.07, 6.45) is 3.49. The molecule has 2 aromatic rings. The summed E-state index contributed by atoms with van der Waals surface area (Å²) < 4.78 is 8.06. The van der Waals surface area contributed by atoms with Gasteiger partial charge < -0.3 is 14.7 Å². The van der Waals surface area contributed by atoms with E-state index in [0.29, 0.717) is 21.7 Å². The van der Waals surface area contributed by atoms with Crippen molar-refractivity contribution in [3.8, 4) is 5.75 Å². The molecule has 0 fully saturated rings. The lowest BCUT2D eigenvalue weighted by molar-refractivity contribution is -0.429. The normalized spacial score (nSPS) is 18.1. The molecule has 6 nitrogen and oxygen atoms in total. The number of benzene rings is 2. The number of fused-ring (bicyclic) bond motifs is 1. The maximum Gasteiger partial charge on any atom is 0.428 e. The van der Waals surface area contributed by atoms with E-state index in [1.807, 2.05) is 49.4 Å². The minimum absolute atomic E-state index is 0.301. The van der Waals surface area contributed by atoms with E-state index in [1.165, 1.54) is 28.1 Å². The summed E-state index contributed by atoms with van der Waals surface area (Å²) in [6, 6.07) is 17.9. The zero-order chi connectivity index (χ0) is 21.8. The van der Waals surface area contributed by atoms with Crippen molar-refractivity contribution >= 4 is 45.5 Å². The number of rotatable bonds is 6. The molecule has 1 N–H and O–H groups in total. The molecule has 31 heavy (non-hydrogen) atoms. The van der Waals surface area contributed by atoms with E-state index in [1.54, 1.807) is 12.2 Å². The molecule has 0 bridgehead atoms. The number of carboxylic acids is 1. The molecule has 0 saturated heterocycles. The molecule has 0 aliphatic carbocycles. The Kier molecular flexibility index (Phi) is 6.48. The number of carbonyl (C=O) groups excluding carboxylic acids is 1. The Hall–Kier alpha value is -2.97. The fourth-order valence-corrected chi connectivity index (χ4v) is 5.46. The highest BCUT2D eigenvalue weighted by Crippen LogP contribution is 2.40. The molecule has 0 unspecified atom stereocenters. The number of thioether (sulfide) groups is 2. The van der Waals surface area contributed by atoms with Gasteiger partial charge in [-0.25, -0.2) is 9.59 Å². The number of hydrogen-bond acceptors (Lipinski definition) is 6. The lowest BCUT2D eigenvalue weighted by Crippen LogP contribution is -2.26. The number of allylic oxidation sites excluding steroid dienone is 2. The molecule has 0 radical (unpaired) electrons. The molecule has 158 valence electrons. The second-order valence-corrected chi connectivity index (χ2v) is 9.31. The van der Waals surface area contributed by atoms with Crippen molar-refractivity contribution in [1.29, 1.82) is 0 Å². The van der Waals surface area contributed by atoms with Crippen LogP contribution in [0.15, 0.2) is 77.5 Å². The van der Waals surface area contributed by atoms with Crippen LogP contribution in [0, 0.1) is 0 Å². The molecule has 2 heterocycles. The first-order chi connectivity index (χ1) is 15.1. The molecule has 2 aliphatic rings. The van der Waals surface area contributed by atoms with Crippen LogP contribution in [0.2, 0.25) is 0 Å². The molecule has 0 aromatic heterocycles.